The van der Waals surface area contributed by atoms with Crippen LogP contribution in [0.15, 0.2) is 36.5 Å². The van der Waals surface area contributed by atoms with Gasteiger partial charge in [0.1, 0.15) is 0 Å². The fourth-order valence-electron chi connectivity index (χ4n) is 3.39. The molecule has 0 spiro atoms. The minimum Gasteiger partial charge on any atom is -0.350 e. The Bertz CT molecular complexity index is 746. The van der Waals surface area contributed by atoms with E-state index in [9.17, 15) is 14.9 Å². The molecule has 0 radical (unpaired) electrons. The predicted molar refractivity (Wildman–Crippen MR) is 98.4 cm³/mol. The normalized spacial score (nSPS) is 15.8. The van der Waals surface area contributed by atoms with Crippen LogP contribution in [-0.2, 0) is 0 Å². The van der Waals surface area contributed by atoms with Crippen molar-refractivity contribution in [3.8, 4) is 5.69 Å². The zero-order chi connectivity index (χ0) is 18.4. The summed E-state index contributed by atoms with van der Waals surface area (Å²) in [6.45, 7) is 0.698. The van der Waals surface area contributed by atoms with Crippen LogP contribution in [0.2, 0.25) is 0 Å². The number of nitro groups is 1. The predicted octanol–water partition coefficient (Wildman–Crippen LogP) is 3.87. The van der Waals surface area contributed by atoms with Crippen molar-refractivity contribution >= 4 is 11.6 Å². The lowest BCUT2D eigenvalue weighted by Gasteiger charge is -2.19. The number of non-ortho nitro benzene ring substituents is 1. The molecule has 1 aromatic heterocycles. The molecule has 1 N–H and O–H groups in total. The van der Waals surface area contributed by atoms with Gasteiger partial charge in [0.2, 0.25) is 0 Å². The molecule has 1 fully saturated rings. The first-order chi connectivity index (χ1) is 12.6. The Hall–Kier alpha value is -2.70. The third kappa shape index (κ3) is 4.68. The van der Waals surface area contributed by atoms with Gasteiger partial charge in [-0.25, -0.2) is 4.68 Å². The van der Waals surface area contributed by atoms with E-state index >= 15 is 0 Å². The summed E-state index contributed by atoms with van der Waals surface area (Å²) in [5, 5.41) is 18.0. The first kappa shape index (κ1) is 18.1. The Balaban J connectivity index is 1.58. The fourth-order valence-corrected chi connectivity index (χ4v) is 3.39. The quantitative estimate of drug-likeness (QED) is 0.650. The molecule has 26 heavy (non-hydrogen) atoms. The molecule has 7 heteroatoms. The lowest BCUT2D eigenvalue weighted by molar-refractivity contribution is -0.384. The highest BCUT2D eigenvalue weighted by Gasteiger charge is 2.15. The van der Waals surface area contributed by atoms with Crippen molar-refractivity contribution in [3.63, 3.8) is 0 Å². The van der Waals surface area contributed by atoms with E-state index in [-0.39, 0.29) is 11.6 Å². The molecule has 0 bridgehead atoms. The van der Waals surface area contributed by atoms with Crippen LogP contribution in [0.25, 0.3) is 5.69 Å². The van der Waals surface area contributed by atoms with Crippen LogP contribution in [0.3, 0.4) is 0 Å². The average Bonchev–Trinajstić information content (AvgIpc) is 3.11. The third-order valence-electron chi connectivity index (χ3n) is 4.92. The van der Waals surface area contributed by atoms with Crippen LogP contribution in [0, 0.1) is 16.0 Å². The first-order valence-electron chi connectivity index (χ1n) is 9.22. The second-order valence-electron chi connectivity index (χ2n) is 6.84. The minimum absolute atomic E-state index is 0.0260. The number of carbonyl (C=O) groups is 1. The Morgan fingerprint density at radius 3 is 2.42 bits per heavy atom. The zero-order valence-electron chi connectivity index (χ0n) is 14.8. The van der Waals surface area contributed by atoms with Gasteiger partial charge >= 0.3 is 0 Å². The van der Waals surface area contributed by atoms with Crippen molar-refractivity contribution in [2.75, 3.05) is 6.54 Å². The van der Waals surface area contributed by atoms with Crippen molar-refractivity contribution in [1.29, 1.82) is 0 Å². The van der Waals surface area contributed by atoms with E-state index in [1.807, 2.05) is 0 Å². The van der Waals surface area contributed by atoms with E-state index < -0.39 is 4.92 Å². The van der Waals surface area contributed by atoms with Gasteiger partial charge in [0.15, 0.2) is 5.69 Å². The highest BCUT2D eigenvalue weighted by Crippen LogP contribution is 2.21. The average molecular weight is 356 g/mol. The number of nitro benzene ring substituents is 1. The van der Waals surface area contributed by atoms with Crippen LogP contribution < -0.4 is 5.32 Å². The van der Waals surface area contributed by atoms with Crippen LogP contribution in [0.1, 0.15) is 55.4 Å². The summed E-state index contributed by atoms with van der Waals surface area (Å²) in [4.78, 5) is 22.6. The van der Waals surface area contributed by atoms with Crippen molar-refractivity contribution in [3.05, 3.63) is 52.3 Å². The molecule has 1 aliphatic rings. The lowest BCUT2D eigenvalue weighted by atomic mass is 9.91. The summed E-state index contributed by atoms with van der Waals surface area (Å²) in [6, 6.07) is 7.73. The van der Waals surface area contributed by atoms with Crippen molar-refractivity contribution in [2.24, 2.45) is 5.92 Å². The maximum absolute atomic E-state index is 12.4. The van der Waals surface area contributed by atoms with Gasteiger partial charge in [-0.3, -0.25) is 14.9 Å². The molecule has 0 atom stereocenters. The highest BCUT2D eigenvalue weighted by atomic mass is 16.6. The molecule has 1 aromatic carbocycles. The Kier molecular flexibility index (Phi) is 5.99. The molecule has 0 unspecified atom stereocenters. The molecule has 7 nitrogen and oxygen atoms in total. The highest BCUT2D eigenvalue weighted by molar-refractivity contribution is 5.92. The van der Waals surface area contributed by atoms with Gasteiger partial charge in [-0.1, -0.05) is 32.1 Å². The van der Waals surface area contributed by atoms with Crippen LogP contribution in [0.4, 0.5) is 5.69 Å². The van der Waals surface area contributed by atoms with Crippen LogP contribution in [-0.4, -0.2) is 27.2 Å². The third-order valence-corrected chi connectivity index (χ3v) is 4.92. The Morgan fingerprint density at radius 2 is 1.77 bits per heavy atom. The summed E-state index contributed by atoms with van der Waals surface area (Å²) < 4.78 is 1.55. The van der Waals surface area contributed by atoms with Gasteiger partial charge in [0.05, 0.1) is 10.6 Å². The number of amides is 1. The van der Waals surface area contributed by atoms with Crippen molar-refractivity contribution in [1.82, 2.24) is 15.1 Å². The topological polar surface area (TPSA) is 90.1 Å². The molecular formula is C19H24N4O3. The van der Waals surface area contributed by atoms with Gasteiger partial charge in [-0.05, 0) is 37.0 Å². The molecular weight excluding hydrogens is 332 g/mol. The summed E-state index contributed by atoms with van der Waals surface area (Å²) in [5.41, 5.74) is 1.06. The minimum atomic E-state index is -0.443. The summed E-state index contributed by atoms with van der Waals surface area (Å²) >= 11 is 0. The molecule has 2 aromatic rings. The fraction of sp³-hybridized carbons (Fsp3) is 0.474. The number of hydrogen-bond donors (Lipinski definition) is 1. The Labute approximate surface area is 152 Å². The standard InChI is InChI=1S/C19H24N4O3/c24-19(20-14-15-6-4-2-1-3-5-7-15)18-12-13-22(21-18)16-8-10-17(11-9-16)23(25)26/h8-13,15H,1-7,14H2,(H,20,24). The molecule has 3 rings (SSSR count). The van der Waals surface area contributed by atoms with Crippen LogP contribution in [0.5, 0.6) is 0 Å². The van der Waals surface area contributed by atoms with E-state index in [4.69, 9.17) is 0 Å². The first-order valence-corrected chi connectivity index (χ1v) is 9.22. The molecule has 1 aliphatic carbocycles. The van der Waals surface area contributed by atoms with Crippen molar-refractivity contribution < 1.29 is 9.72 Å². The van der Waals surface area contributed by atoms with Gasteiger partial charge in [-0.2, -0.15) is 5.10 Å². The second kappa shape index (κ2) is 8.60. The molecule has 0 aliphatic heterocycles. The van der Waals surface area contributed by atoms with Crippen molar-refractivity contribution in [2.45, 2.75) is 44.9 Å². The number of aromatic nitrogens is 2. The Morgan fingerprint density at radius 1 is 1.12 bits per heavy atom. The number of hydrogen-bond acceptors (Lipinski definition) is 4. The van der Waals surface area contributed by atoms with E-state index in [0.717, 1.165) is 0 Å². The smallest absolute Gasteiger partial charge is 0.271 e. The zero-order valence-corrected chi connectivity index (χ0v) is 14.8. The molecule has 1 amide bonds. The van der Waals surface area contributed by atoms with E-state index in [1.54, 1.807) is 29.1 Å². The monoisotopic (exact) mass is 356 g/mol. The molecule has 138 valence electrons. The molecule has 1 saturated carbocycles. The van der Waals surface area contributed by atoms with E-state index in [1.165, 1.54) is 57.1 Å². The second-order valence-corrected chi connectivity index (χ2v) is 6.84. The van der Waals surface area contributed by atoms with E-state index in [2.05, 4.69) is 10.4 Å². The summed E-state index contributed by atoms with van der Waals surface area (Å²) in [5.74, 6) is 0.378. The lowest BCUT2D eigenvalue weighted by Crippen LogP contribution is -2.30. The molecule has 1 heterocycles. The molecule has 0 saturated heterocycles. The maximum atomic E-state index is 12.4. The van der Waals surface area contributed by atoms with Gasteiger partial charge < -0.3 is 5.32 Å². The number of rotatable bonds is 5. The van der Waals surface area contributed by atoms with Crippen LogP contribution >= 0.6 is 0 Å². The summed E-state index contributed by atoms with van der Waals surface area (Å²) in [7, 11) is 0. The van der Waals surface area contributed by atoms with Gasteiger partial charge in [-0.15, -0.1) is 0 Å². The number of carbonyl (C=O) groups excluding carboxylic acids is 1. The summed E-state index contributed by atoms with van der Waals surface area (Å²) in [6.07, 6.45) is 10.5. The van der Waals surface area contributed by atoms with E-state index in [0.29, 0.717) is 23.8 Å². The SMILES string of the molecule is O=C(NCC1CCCCCCC1)c1ccn(-c2ccc([N+](=O)[O-])cc2)n1. The van der Waals surface area contributed by atoms with Gasteiger partial charge in [0.25, 0.3) is 11.6 Å². The number of nitrogens with zero attached hydrogens (tertiary/aromatic N) is 3. The number of benzene rings is 1. The largest absolute Gasteiger partial charge is 0.350 e. The van der Waals surface area contributed by atoms with Gasteiger partial charge in [0, 0.05) is 24.9 Å². The maximum Gasteiger partial charge on any atom is 0.271 e. The number of nitrogens with one attached hydrogen (secondary N) is 1.